The predicted octanol–water partition coefficient (Wildman–Crippen LogP) is 4.03. The van der Waals surface area contributed by atoms with E-state index in [0.29, 0.717) is 23.3 Å². The number of pyridine rings is 1. The van der Waals surface area contributed by atoms with Crippen molar-refractivity contribution in [1.29, 1.82) is 0 Å². The molecule has 0 radical (unpaired) electrons. The van der Waals surface area contributed by atoms with Crippen molar-refractivity contribution in [3.63, 3.8) is 0 Å². The van der Waals surface area contributed by atoms with Crippen LogP contribution in [0.25, 0.3) is 16.8 Å². The van der Waals surface area contributed by atoms with Gasteiger partial charge in [-0.15, -0.1) is 0 Å². The molecule has 0 spiro atoms. The van der Waals surface area contributed by atoms with Crippen LogP contribution < -0.4 is 5.73 Å². The van der Waals surface area contributed by atoms with Gasteiger partial charge in [0.2, 0.25) is 5.95 Å². The zero-order chi connectivity index (χ0) is 21.1. The number of nitrogens with two attached hydrogens (primary N) is 1. The first-order valence-corrected chi connectivity index (χ1v) is 10.1. The minimum atomic E-state index is -0.270. The highest BCUT2D eigenvalue weighted by atomic mass is 35.5. The summed E-state index contributed by atoms with van der Waals surface area (Å²) in [6.45, 7) is 1.93. The number of aromatic nitrogens is 5. The summed E-state index contributed by atoms with van der Waals surface area (Å²) < 4.78 is 5.54. The third-order valence-corrected chi connectivity index (χ3v) is 5.82. The maximum atomic E-state index is 5.97. The van der Waals surface area contributed by atoms with Gasteiger partial charge in [-0.3, -0.25) is 9.98 Å². The minimum Gasteiger partial charge on any atom is -0.368 e. The van der Waals surface area contributed by atoms with E-state index in [-0.39, 0.29) is 11.4 Å². The first-order chi connectivity index (χ1) is 14.5. The van der Waals surface area contributed by atoms with Gasteiger partial charge in [0, 0.05) is 43.2 Å². The van der Waals surface area contributed by atoms with Crippen molar-refractivity contribution >= 4 is 28.3 Å². The largest absolute Gasteiger partial charge is 0.368 e. The molecule has 1 aliphatic rings. The standard InChI is InChI=1S/C21H22ClN7O/c1-13(4-7-17(22)24-2)18-28-19(29-30-18)21(8-3-9-21)15-5-6-16(25-12-15)14-10-26-20(23)27-11-14/h4-6,10-12H,3,7-9H2,1-2H3,(H2,23,26,27)/b13-4+,24-17?. The van der Waals surface area contributed by atoms with Crippen LogP contribution in [0.5, 0.6) is 0 Å². The van der Waals surface area contributed by atoms with E-state index < -0.39 is 0 Å². The Balaban J connectivity index is 1.59. The highest BCUT2D eigenvalue weighted by molar-refractivity contribution is 6.65. The molecule has 8 nitrogen and oxygen atoms in total. The van der Waals surface area contributed by atoms with Crippen molar-refractivity contribution in [2.75, 3.05) is 12.8 Å². The molecule has 3 heterocycles. The van der Waals surface area contributed by atoms with Gasteiger partial charge in [-0.2, -0.15) is 4.98 Å². The fourth-order valence-electron chi connectivity index (χ4n) is 3.48. The smallest absolute Gasteiger partial charge is 0.253 e. The van der Waals surface area contributed by atoms with Gasteiger partial charge in [-0.1, -0.05) is 35.3 Å². The quantitative estimate of drug-likeness (QED) is 0.594. The number of anilines is 1. The zero-order valence-electron chi connectivity index (χ0n) is 16.8. The lowest BCUT2D eigenvalue weighted by Crippen LogP contribution is -2.36. The van der Waals surface area contributed by atoms with Gasteiger partial charge in [0.25, 0.3) is 5.89 Å². The Bertz CT molecular complexity index is 1080. The summed E-state index contributed by atoms with van der Waals surface area (Å²) in [5, 5.41) is 4.82. The van der Waals surface area contributed by atoms with Crippen LogP contribution in [0.2, 0.25) is 0 Å². The van der Waals surface area contributed by atoms with E-state index in [1.54, 1.807) is 19.4 Å². The Morgan fingerprint density at radius 1 is 1.23 bits per heavy atom. The molecule has 1 fully saturated rings. The Labute approximate surface area is 179 Å². The van der Waals surface area contributed by atoms with Gasteiger partial charge in [0.1, 0.15) is 5.17 Å². The van der Waals surface area contributed by atoms with E-state index in [1.165, 1.54) is 0 Å². The minimum absolute atomic E-state index is 0.241. The third-order valence-electron chi connectivity index (χ3n) is 5.50. The van der Waals surface area contributed by atoms with E-state index in [1.807, 2.05) is 25.3 Å². The number of rotatable bonds is 6. The van der Waals surface area contributed by atoms with Crippen LogP contribution in [0.1, 0.15) is 49.9 Å². The van der Waals surface area contributed by atoms with Crippen molar-refractivity contribution in [1.82, 2.24) is 25.1 Å². The second-order valence-corrected chi connectivity index (χ2v) is 7.75. The first kappa shape index (κ1) is 20.2. The lowest BCUT2D eigenvalue weighted by Gasteiger charge is -2.39. The van der Waals surface area contributed by atoms with E-state index in [4.69, 9.17) is 21.9 Å². The van der Waals surface area contributed by atoms with Crippen molar-refractivity contribution in [3.05, 3.63) is 54.1 Å². The third kappa shape index (κ3) is 3.82. The van der Waals surface area contributed by atoms with Crippen LogP contribution in [0.15, 0.2) is 46.3 Å². The lowest BCUT2D eigenvalue weighted by molar-refractivity contribution is 0.271. The molecule has 30 heavy (non-hydrogen) atoms. The molecule has 0 aromatic carbocycles. The van der Waals surface area contributed by atoms with Crippen LogP contribution >= 0.6 is 11.6 Å². The molecular formula is C21H22ClN7O. The summed E-state index contributed by atoms with van der Waals surface area (Å²) in [5.74, 6) is 1.43. The number of hydrogen-bond acceptors (Lipinski definition) is 8. The van der Waals surface area contributed by atoms with Crippen LogP contribution in [0.3, 0.4) is 0 Å². The van der Waals surface area contributed by atoms with Gasteiger partial charge in [-0.05, 0) is 31.4 Å². The summed E-state index contributed by atoms with van der Waals surface area (Å²) in [6.07, 6.45) is 10.7. The molecule has 2 N–H and O–H groups in total. The molecule has 0 atom stereocenters. The predicted molar refractivity (Wildman–Crippen MR) is 116 cm³/mol. The molecule has 0 saturated heterocycles. The second-order valence-electron chi connectivity index (χ2n) is 7.31. The summed E-state index contributed by atoms with van der Waals surface area (Å²) in [7, 11) is 1.66. The van der Waals surface area contributed by atoms with Crippen molar-refractivity contribution in [2.24, 2.45) is 4.99 Å². The molecule has 9 heteroatoms. The van der Waals surface area contributed by atoms with E-state index >= 15 is 0 Å². The first-order valence-electron chi connectivity index (χ1n) is 9.69. The van der Waals surface area contributed by atoms with E-state index in [2.05, 4.69) is 36.2 Å². The summed E-state index contributed by atoms with van der Waals surface area (Å²) in [5.41, 5.74) is 8.84. The van der Waals surface area contributed by atoms with Crippen molar-refractivity contribution < 1.29 is 4.52 Å². The molecule has 1 aliphatic carbocycles. The van der Waals surface area contributed by atoms with Crippen LogP contribution in [-0.2, 0) is 5.41 Å². The van der Waals surface area contributed by atoms with Gasteiger partial charge in [0.15, 0.2) is 5.82 Å². The molecule has 0 aliphatic heterocycles. The van der Waals surface area contributed by atoms with Gasteiger partial charge < -0.3 is 10.3 Å². The highest BCUT2D eigenvalue weighted by Gasteiger charge is 2.44. The number of allylic oxidation sites excluding steroid dienone is 2. The van der Waals surface area contributed by atoms with E-state index in [9.17, 15) is 0 Å². The van der Waals surface area contributed by atoms with E-state index in [0.717, 1.165) is 41.7 Å². The Hall–Kier alpha value is -3.13. The lowest BCUT2D eigenvalue weighted by atomic mass is 9.64. The average Bonchev–Trinajstić information content (AvgIpc) is 3.22. The van der Waals surface area contributed by atoms with Crippen molar-refractivity contribution in [3.8, 4) is 11.3 Å². The molecule has 154 valence electrons. The molecule has 0 unspecified atom stereocenters. The molecule has 0 bridgehead atoms. The average molecular weight is 424 g/mol. The van der Waals surface area contributed by atoms with Gasteiger partial charge in [-0.25, -0.2) is 9.97 Å². The number of nitrogens with zero attached hydrogens (tertiary/aromatic N) is 6. The molecule has 0 amide bonds. The summed E-state index contributed by atoms with van der Waals surface area (Å²) in [6, 6.07) is 4.02. The van der Waals surface area contributed by atoms with Crippen LogP contribution in [-0.4, -0.2) is 37.3 Å². The monoisotopic (exact) mass is 423 g/mol. The highest BCUT2D eigenvalue weighted by Crippen LogP contribution is 2.47. The van der Waals surface area contributed by atoms with Crippen LogP contribution in [0, 0.1) is 0 Å². The molecule has 1 saturated carbocycles. The maximum Gasteiger partial charge on any atom is 0.253 e. The van der Waals surface area contributed by atoms with Gasteiger partial charge in [0.05, 0.1) is 11.1 Å². The number of halogens is 1. The normalized spacial score (nSPS) is 16.4. The molecule has 3 aromatic heterocycles. The van der Waals surface area contributed by atoms with Gasteiger partial charge >= 0.3 is 0 Å². The summed E-state index contributed by atoms with van der Waals surface area (Å²) in [4.78, 5) is 21.3. The Kier molecular flexibility index (Phi) is 5.59. The number of aliphatic imine (C=N–C) groups is 1. The fraction of sp³-hybridized carbons (Fsp3) is 0.333. The Morgan fingerprint density at radius 3 is 2.60 bits per heavy atom. The molecular weight excluding hydrogens is 402 g/mol. The second kappa shape index (κ2) is 8.31. The Morgan fingerprint density at radius 2 is 2.00 bits per heavy atom. The zero-order valence-corrected chi connectivity index (χ0v) is 17.6. The summed E-state index contributed by atoms with van der Waals surface area (Å²) >= 11 is 5.97. The molecule has 3 aromatic rings. The SMILES string of the molecule is CN=C(Cl)C/C=C(\C)c1nc(C2(c3ccc(-c4cnc(N)nc4)nc3)CCC2)no1. The fourth-order valence-corrected chi connectivity index (χ4v) is 3.56. The molecule has 4 rings (SSSR count). The van der Waals surface area contributed by atoms with Crippen molar-refractivity contribution in [2.45, 2.75) is 38.0 Å². The maximum absolute atomic E-state index is 5.97. The number of hydrogen-bond donors (Lipinski definition) is 1. The number of nitrogen functional groups attached to an aromatic ring is 1. The topological polar surface area (TPSA) is 116 Å². The van der Waals surface area contributed by atoms with Crippen LogP contribution in [0.4, 0.5) is 5.95 Å².